The molecule has 0 atom stereocenters. The van der Waals surface area contributed by atoms with Gasteiger partial charge >= 0.3 is 0 Å². The molecule has 1 N–H and O–H groups in total. The molecule has 0 radical (unpaired) electrons. The molecule has 1 aromatic heterocycles. The fourth-order valence-corrected chi connectivity index (χ4v) is 5.74. The van der Waals surface area contributed by atoms with E-state index >= 15 is 0 Å². The normalized spacial score (nSPS) is 16.6. The van der Waals surface area contributed by atoms with Crippen molar-refractivity contribution >= 4 is 29.2 Å². The van der Waals surface area contributed by atoms with Gasteiger partial charge in [0.25, 0.3) is 0 Å². The first-order valence-electron chi connectivity index (χ1n) is 12.0. The largest absolute Gasteiger partial charge is 0.497 e. The Bertz CT molecular complexity index is 918. The summed E-state index contributed by atoms with van der Waals surface area (Å²) in [5.41, 5.74) is 1.64. The zero-order valence-electron chi connectivity index (χ0n) is 19.8. The number of aromatic nitrogens is 1. The summed E-state index contributed by atoms with van der Waals surface area (Å²) < 4.78 is 10.7. The topological polar surface area (TPSA) is 63.7 Å². The summed E-state index contributed by atoms with van der Waals surface area (Å²) in [6, 6.07) is 9.62. The molecule has 4 rings (SSSR count). The predicted octanol–water partition coefficient (Wildman–Crippen LogP) is 5.55. The Labute approximate surface area is 201 Å². The van der Waals surface area contributed by atoms with Crippen LogP contribution in [-0.2, 0) is 11.2 Å². The number of rotatable bonds is 9. The van der Waals surface area contributed by atoms with Crippen molar-refractivity contribution < 1.29 is 14.3 Å². The van der Waals surface area contributed by atoms with Gasteiger partial charge in [-0.05, 0) is 61.4 Å². The average molecular weight is 470 g/mol. The molecule has 2 aromatic rings. The summed E-state index contributed by atoms with van der Waals surface area (Å²) in [5, 5.41) is 4.16. The number of anilines is 2. The van der Waals surface area contributed by atoms with Gasteiger partial charge in [0.15, 0.2) is 5.82 Å². The number of pyridine rings is 1. The van der Waals surface area contributed by atoms with Crippen LogP contribution >= 0.6 is 11.8 Å². The van der Waals surface area contributed by atoms with Gasteiger partial charge in [0.1, 0.15) is 11.5 Å². The number of methoxy groups -OCH3 is 2. The highest BCUT2D eigenvalue weighted by molar-refractivity contribution is 7.99. The number of carbonyl (C=O) groups excluding carboxylic acids is 1. The lowest BCUT2D eigenvalue weighted by Gasteiger charge is -2.23. The number of benzene rings is 1. The number of hydrogen-bond acceptors (Lipinski definition) is 6. The highest BCUT2D eigenvalue weighted by Gasteiger charge is 2.20. The van der Waals surface area contributed by atoms with Crippen molar-refractivity contribution in [2.45, 2.75) is 56.4 Å². The second-order valence-corrected chi connectivity index (χ2v) is 10.0. The number of nitrogens with one attached hydrogen (secondary N) is 1. The molecule has 1 saturated carbocycles. The van der Waals surface area contributed by atoms with E-state index in [4.69, 9.17) is 14.5 Å². The van der Waals surface area contributed by atoms with Crippen molar-refractivity contribution in [1.29, 1.82) is 0 Å². The maximum absolute atomic E-state index is 12.9. The number of amides is 1. The standard InChI is InChI=1S/C26H35N3O3S/c1-31-21-14-20(15-22(17-21)32-2)16-24(30)27-23-10-11-25(28-26(23)29-12-6-7-13-29)33-18-19-8-4-3-5-9-19/h10-11,14-15,17,19H,3-9,12-13,16,18H2,1-2H3,(H,27,30). The number of carbonyl (C=O) groups is 1. The Balaban J connectivity index is 1.46. The van der Waals surface area contributed by atoms with Gasteiger partial charge in [-0.3, -0.25) is 4.79 Å². The van der Waals surface area contributed by atoms with Gasteiger partial charge in [0.05, 0.1) is 31.4 Å². The third-order valence-corrected chi connectivity index (χ3v) is 7.66. The first kappa shape index (κ1) is 23.7. The van der Waals surface area contributed by atoms with E-state index < -0.39 is 0 Å². The van der Waals surface area contributed by atoms with Gasteiger partial charge in [-0.1, -0.05) is 19.3 Å². The van der Waals surface area contributed by atoms with Crippen LogP contribution in [0.1, 0.15) is 50.5 Å². The Hall–Kier alpha value is -2.41. The molecule has 178 valence electrons. The maximum atomic E-state index is 12.9. The minimum Gasteiger partial charge on any atom is -0.497 e. The van der Waals surface area contributed by atoms with Crippen molar-refractivity contribution in [2.24, 2.45) is 5.92 Å². The van der Waals surface area contributed by atoms with Crippen molar-refractivity contribution in [3.05, 3.63) is 35.9 Å². The van der Waals surface area contributed by atoms with Gasteiger partial charge in [0.2, 0.25) is 5.91 Å². The van der Waals surface area contributed by atoms with E-state index in [-0.39, 0.29) is 12.3 Å². The first-order chi connectivity index (χ1) is 16.1. The van der Waals surface area contributed by atoms with Gasteiger partial charge in [-0.25, -0.2) is 4.98 Å². The van der Waals surface area contributed by atoms with Crippen LogP contribution in [0.5, 0.6) is 11.5 Å². The molecule has 7 heteroatoms. The molecular weight excluding hydrogens is 434 g/mol. The minimum absolute atomic E-state index is 0.0739. The Kier molecular flexibility index (Phi) is 8.37. The Morgan fingerprint density at radius 1 is 1.03 bits per heavy atom. The van der Waals surface area contributed by atoms with Crippen molar-refractivity contribution in [1.82, 2.24) is 4.98 Å². The number of hydrogen-bond donors (Lipinski definition) is 1. The molecule has 1 amide bonds. The zero-order valence-corrected chi connectivity index (χ0v) is 20.6. The van der Waals surface area contributed by atoms with Crippen molar-refractivity contribution in [3.8, 4) is 11.5 Å². The van der Waals surface area contributed by atoms with E-state index in [2.05, 4.69) is 16.3 Å². The molecule has 0 bridgehead atoms. The monoisotopic (exact) mass is 469 g/mol. The van der Waals surface area contributed by atoms with Gasteiger partial charge in [-0.2, -0.15) is 0 Å². The maximum Gasteiger partial charge on any atom is 0.228 e. The second-order valence-electron chi connectivity index (χ2n) is 8.98. The molecule has 0 unspecified atom stereocenters. The van der Waals surface area contributed by atoms with Crippen molar-refractivity contribution in [2.75, 3.05) is 43.3 Å². The zero-order chi connectivity index (χ0) is 23.0. The fourth-order valence-electron chi connectivity index (χ4n) is 4.68. The van der Waals surface area contributed by atoms with Crippen LogP contribution in [0.4, 0.5) is 11.5 Å². The second kappa shape index (κ2) is 11.6. The third-order valence-electron chi connectivity index (χ3n) is 6.50. The third kappa shape index (κ3) is 6.56. The quantitative estimate of drug-likeness (QED) is 0.486. The molecule has 0 spiro atoms. The summed E-state index contributed by atoms with van der Waals surface area (Å²) >= 11 is 1.86. The summed E-state index contributed by atoms with van der Waals surface area (Å²) in [6.45, 7) is 1.97. The van der Waals surface area contributed by atoms with Gasteiger partial charge in [-0.15, -0.1) is 11.8 Å². The lowest BCUT2D eigenvalue weighted by molar-refractivity contribution is -0.115. The lowest BCUT2D eigenvalue weighted by Crippen LogP contribution is -2.23. The van der Waals surface area contributed by atoms with Crippen LogP contribution in [-0.4, -0.2) is 44.0 Å². The molecule has 6 nitrogen and oxygen atoms in total. The van der Waals surface area contributed by atoms with E-state index in [0.717, 1.165) is 59.7 Å². The van der Waals surface area contributed by atoms with E-state index in [1.165, 1.54) is 32.1 Å². The molecular formula is C26H35N3O3S. The highest BCUT2D eigenvalue weighted by atomic mass is 32.2. The molecule has 1 saturated heterocycles. The van der Waals surface area contributed by atoms with Crippen LogP contribution in [0.2, 0.25) is 0 Å². The smallest absolute Gasteiger partial charge is 0.228 e. The molecule has 1 aliphatic heterocycles. The van der Waals surface area contributed by atoms with E-state index in [1.54, 1.807) is 20.3 Å². The molecule has 1 aliphatic carbocycles. The van der Waals surface area contributed by atoms with Crippen LogP contribution < -0.4 is 19.7 Å². The molecule has 2 aliphatic rings. The summed E-state index contributed by atoms with van der Waals surface area (Å²) in [5.74, 6) is 4.12. The highest BCUT2D eigenvalue weighted by Crippen LogP contribution is 2.33. The Morgan fingerprint density at radius 3 is 2.39 bits per heavy atom. The predicted molar refractivity (Wildman–Crippen MR) is 135 cm³/mol. The lowest BCUT2D eigenvalue weighted by atomic mass is 9.91. The summed E-state index contributed by atoms with van der Waals surface area (Å²) in [6.07, 6.45) is 9.37. The first-order valence-corrected chi connectivity index (χ1v) is 13.0. The van der Waals surface area contributed by atoms with Crippen LogP contribution in [0, 0.1) is 5.92 Å². The van der Waals surface area contributed by atoms with Gasteiger partial charge < -0.3 is 19.7 Å². The number of nitrogens with zero attached hydrogens (tertiary/aromatic N) is 2. The van der Waals surface area contributed by atoms with E-state index in [1.807, 2.05) is 30.0 Å². The fraction of sp³-hybridized carbons (Fsp3) is 0.538. The molecule has 2 heterocycles. The molecule has 1 aromatic carbocycles. The van der Waals surface area contributed by atoms with Gasteiger partial charge in [0, 0.05) is 24.9 Å². The summed E-state index contributed by atoms with van der Waals surface area (Å²) in [4.78, 5) is 20.2. The number of ether oxygens (including phenoxy) is 2. The van der Waals surface area contributed by atoms with Crippen LogP contribution in [0.3, 0.4) is 0 Å². The number of thioether (sulfide) groups is 1. The molecule has 33 heavy (non-hydrogen) atoms. The average Bonchev–Trinajstić information content (AvgIpc) is 3.38. The van der Waals surface area contributed by atoms with Crippen molar-refractivity contribution in [3.63, 3.8) is 0 Å². The van der Waals surface area contributed by atoms with E-state index in [0.29, 0.717) is 11.5 Å². The molecule has 2 fully saturated rings. The SMILES string of the molecule is COc1cc(CC(=O)Nc2ccc(SCC3CCCCC3)nc2N2CCCC2)cc(OC)c1. The van der Waals surface area contributed by atoms with Crippen LogP contribution in [0.25, 0.3) is 0 Å². The summed E-state index contributed by atoms with van der Waals surface area (Å²) in [7, 11) is 3.22. The van der Waals surface area contributed by atoms with Crippen LogP contribution in [0.15, 0.2) is 35.4 Å². The Morgan fingerprint density at radius 2 is 1.73 bits per heavy atom. The minimum atomic E-state index is -0.0739. The van der Waals surface area contributed by atoms with E-state index in [9.17, 15) is 4.79 Å².